The number of halogens is 1. The lowest BCUT2D eigenvalue weighted by Crippen LogP contribution is -2.14. The Balaban J connectivity index is 1.77. The third-order valence-corrected chi connectivity index (χ3v) is 4.06. The maximum Gasteiger partial charge on any atom is 0.259 e. The summed E-state index contributed by atoms with van der Waals surface area (Å²) in [6, 6.07) is 19.3. The van der Waals surface area contributed by atoms with Crippen molar-refractivity contribution in [3.63, 3.8) is 0 Å². The summed E-state index contributed by atoms with van der Waals surface area (Å²) in [5, 5.41) is 2.76. The number of para-hydroxylation sites is 1. The van der Waals surface area contributed by atoms with Gasteiger partial charge in [-0.15, -0.1) is 0 Å². The van der Waals surface area contributed by atoms with Gasteiger partial charge in [0, 0.05) is 5.69 Å². The first-order valence-electron chi connectivity index (χ1n) is 8.38. The molecule has 0 aromatic heterocycles. The molecule has 3 aromatic carbocycles. The van der Waals surface area contributed by atoms with E-state index < -0.39 is 5.82 Å². The zero-order chi connectivity index (χ0) is 18.5. The second-order valence-electron chi connectivity index (χ2n) is 6.19. The van der Waals surface area contributed by atoms with E-state index in [9.17, 15) is 9.18 Å². The van der Waals surface area contributed by atoms with Crippen molar-refractivity contribution in [3.05, 3.63) is 94.8 Å². The number of hydrogen-bond donors (Lipinski definition) is 1. The molecular formula is C22H20FNO2. The average molecular weight is 349 g/mol. The van der Waals surface area contributed by atoms with Gasteiger partial charge in [0.25, 0.3) is 5.91 Å². The Morgan fingerprint density at radius 2 is 1.81 bits per heavy atom. The van der Waals surface area contributed by atoms with Crippen molar-refractivity contribution in [2.45, 2.75) is 20.5 Å². The van der Waals surface area contributed by atoms with Crippen LogP contribution in [0.4, 0.5) is 10.1 Å². The molecule has 3 rings (SSSR count). The monoisotopic (exact) mass is 349 g/mol. The number of amides is 1. The first kappa shape index (κ1) is 17.7. The summed E-state index contributed by atoms with van der Waals surface area (Å²) in [6.45, 7) is 4.20. The fraction of sp³-hybridized carbons (Fsp3) is 0.136. The highest BCUT2D eigenvalue weighted by Gasteiger charge is 2.14. The predicted molar refractivity (Wildman–Crippen MR) is 101 cm³/mol. The Morgan fingerprint density at radius 1 is 1.00 bits per heavy atom. The van der Waals surface area contributed by atoms with Crippen LogP contribution in [-0.4, -0.2) is 5.91 Å². The summed E-state index contributed by atoms with van der Waals surface area (Å²) in [4.78, 5) is 12.7. The molecule has 1 amide bonds. The molecule has 0 aliphatic rings. The maximum absolute atomic E-state index is 13.4. The highest BCUT2D eigenvalue weighted by Crippen LogP contribution is 2.23. The SMILES string of the molecule is Cc1cccc(COc2ccccc2C(=O)Nc2cc(F)ccc2C)c1. The lowest BCUT2D eigenvalue weighted by Gasteiger charge is -2.13. The Bertz CT molecular complexity index is 937. The summed E-state index contributed by atoms with van der Waals surface area (Å²) >= 11 is 0. The highest BCUT2D eigenvalue weighted by molar-refractivity contribution is 6.06. The van der Waals surface area contributed by atoms with Crippen LogP contribution < -0.4 is 10.1 Å². The van der Waals surface area contributed by atoms with Gasteiger partial charge < -0.3 is 10.1 Å². The summed E-state index contributed by atoms with van der Waals surface area (Å²) in [5.74, 6) is -0.242. The smallest absolute Gasteiger partial charge is 0.259 e. The van der Waals surface area contributed by atoms with Crippen molar-refractivity contribution >= 4 is 11.6 Å². The molecule has 0 fully saturated rings. The lowest BCUT2D eigenvalue weighted by molar-refractivity contribution is 0.102. The van der Waals surface area contributed by atoms with Crippen molar-refractivity contribution < 1.29 is 13.9 Å². The minimum absolute atomic E-state index is 0.335. The quantitative estimate of drug-likeness (QED) is 0.681. The molecule has 1 N–H and O–H groups in total. The van der Waals surface area contributed by atoms with E-state index in [0.29, 0.717) is 23.6 Å². The van der Waals surface area contributed by atoms with Crippen LogP contribution in [0.1, 0.15) is 27.0 Å². The molecule has 0 heterocycles. The van der Waals surface area contributed by atoms with Crippen molar-refractivity contribution in [1.82, 2.24) is 0 Å². The molecular weight excluding hydrogens is 329 g/mol. The summed E-state index contributed by atoms with van der Waals surface area (Å²) < 4.78 is 19.3. The van der Waals surface area contributed by atoms with E-state index in [0.717, 1.165) is 16.7 Å². The van der Waals surface area contributed by atoms with Gasteiger partial charge in [0.1, 0.15) is 18.2 Å². The molecule has 3 aromatic rings. The maximum atomic E-state index is 13.4. The van der Waals surface area contributed by atoms with Crippen LogP contribution in [0.2, 0.25) is 0 Å². The first-order chi connectivity index (χ1) is 12.5. The van der Waals surface area contributed by atoms with Crippen LogP contribution in [0.3, 0.4) is 0 Å². The molecule has 0 aliphatic heterocycles. The number of aryl methyl sites for hydroxylation is 2. The summed E-state index contributed by atoms with van der Waals surface area (Å²) in [6.07, 6.45) is 0. The van der Waals surface area contributed by atoms with Crippen molar-refractivity contribution in [3.8, 4) is 5.75 Å². The Hall–Kier alpha value is -3.14. The van der Waals surface area contributed by atoms with Gasteiger partial charge in [0.2, 0.25) is 0 Å². The molecule has 3 nitrogen and oxygen atoms in total. The third kappa shape index (κ3) is 4.28. The van der Waals surface area contributed by atoms with Gasteiger partial charge >= 0.3 is 0 Å². The second kappa shape index (κ2) is 7.83. The fourth-order valence-corrected chi connectivity index (χ4v) is 2.66. The minimum Gasteiger partial charge on any atom is -0.488 e. The number of carbonyl (C=O) groups excluding carboxylic acids is 1. The van der Waals surface area contributed by atoms with E-state index in [-0.39, 0.29) is 5.91 Å². The van der Waals surface area contributed by atoms with Gasteiger partial charge in [-0.1, -0.05) is 48.0 Å². The van der Waals surface area contributed by atoms with Gasteiger partial charge in [-0.2, -0.15) is 0 Å². The van der Waals surface area contributed by atoms with Crippen LogP contribution in [0.5, 0.6) is 5.75 Å². The Kier molecular flexibility index (Phi) is 5.32. The van der Waals surface area contributed by atoms with E-state index in [4.69, 9.17) is 4.74 Å². The van der Waals surface area contributed by atoms with Crippen molar-refractivity contribution in [2.24, 2.45) is 0 Å². The molecule has 0 saturated heterocycles. The Labute approximate surface area is 152 Å². The van der Waals surface area contributed by atoms with Gasteiger partial charge in [-0.25, -0.2) is 4.39 Å². The Morgan fingerprint density at radius 3 is 2.62 bits per heavy atom. The fourth-order valence-electron chi connectivity index (χ4n) is 2.66. The summed E-state index contributed by atoms with van der Waals surface area (Å²) in [7, 11) is 0. The molecule has 132 valence electrons. The highest BCUT2D eigenvalue weighted by atomic mass is 19.1. The molecule has 0 atom stereocenters. The van der Waals surface area contributed by atoms with E-state index in [2.05, 4.69) is 5.32 Å². The number of ether oxygens (including phenoxy) is 1. The van der Waals surface area contributed by atoms with Gasteiger partial charge in [-0.05, 0) is 49.2 Å². The molecule has 0 bridgehead atoms. The summed E-state index contributed by atoms with van der Waals surface area (Å²) in [5.41, 5.74) is 3.82. The van der Waals surface area contributed by atoms with E-state index >= 15 is 0 Å². The number of carbonyl (C=O) groups is 1. The van der Waals surface area contributed by atoms with Crippen LogP contribution in [-0.2, 0) is 6.61 Å². The van der Waals surface area contributed by atoms with Crippen LogP contribution >= 0.6 is 0 Å². The largest absolute Gasteiger partial charge is 0.488 e. The zero-order valence-electron chi connectivity index (χ0n) is 14.8. The number of hydrogen-bond acceptors (Lipinski definition) is 2. The van der Waals surface area contributed by atoms with Crippen LogP contribution in [0, 0.1) is 19.7 Å². The lowest BCUT2D eigenvalue weighted by atomic mass is 10.1. The van der Waals surface area contributed by atoms with E-state index in [1.165, 1.54) is 12.1 Å². The second-order valence-corrected chi connectivity index (χ2v) is 6.19. The van der Waals surface area contributed by atoms with Gasteiger partial charge in [0.05, 0.1) is 5.56 Å². The topological polar surface area (TPSA) is 38.3 Å². The van der Waals surface area contributed by atoms with E-state index in [1.807, 2.05) is 44.2 Å². The molecule has 0 unspecified atom stereocenters. The minimum atomic E-state index is -0.394. The van der Waals surface area contributed by atoms with E-state index in [1.54, 1.807) is 24.3 Å². The van der Waals surface area contributed by atoms with Crippen molar-refractivity contribution in [2.75, 3.05) is 5.32 Å². The van der Waals surface area contributed by atoms with Crippen molar-refractivity contribution in [1.29, 1.82) is 0 Å². The van der Waals surface area contributed by atoms with Crippen LogP contribution in [0.25, 0.3) is 0 Å². The molecule has 0 saturated carbocycles. The number of anilines is 1. The molecule has 0 radical (unpaired) electrons. The average Bonchev–Trinajstić information content (AvgIpc) is 2.63. The standard InChI is InChI=1S/C22H20FNO2/c1-15-6-5-7-17(12-15)14-26-21-9-4-3-8-19(21)22(25)24-20-13-18(23)11-10-16(20)2/h3-13H,14H2,1-2H3,(H,24,25). The number of nitrogens with one attached hydrogen (secondary N) is 1. The van der Waals surface area contributed by atoms with Gasteiger partial charge in [0.15, 0.2) is 0 Å². The molecule has 0 aliphatic carbocycles. The molecule has 4 heteroatoms. The van der Waals surface area contributed by atoms with Gasteiger partial charge in [-0.3, -0.25) is 4.79 Å². The third-order valence-electron chi connectivity index (χ3n) is 4.06. The first-order valence-corrected chi connectivity index (χ1v) is 8.38. The zero-order valence-corrected chi connectivity index (χ0v) is 14.8. The number of benzene rings is 3. The predicted octanol–water partition coefficient (Wildman–Crippen LogP) is 5.27. The number of rotatable bonds is 5. The molecule has 26 heavy (non-hydrogen) atoms. The molecule has 0 spiro atoms. The normalized spacial score (nSPS) is 10.4. The van der Waals surface area contributed by atoms with Crippen LogP contribution in [0.15, 0.2) is 66.7 Å².